The fourth-order valence-electron chi connectivity index (χ4n) is 6.65. The summed E-state index contributed by atoms with van der Waals surface area (Å²) < 4.78 is 33.2. The molecule has 2 amide bonds. The van der Waals surface area contributed by atoms with Crippen molar-refractivity contribution in [2.24, 2.45) is 11.8 Å². The molecule has 17 heteroatoms. The highest BCUT2D eigenvalue weighted by Gasteiger charge is 2.45. The first-order valence-electron chi connectivity index (χ1n) is 16.5. The van der Waals surface area contributed by atoms with Gasteiger partial charge in [0.2, 0.25) is 11.8 Å². The van der Waals surface area contributed by atoms with Crippen molar-refractivity contribution in [3.63, 3.8) is 0 Å². The van der Waals surface area contributed by atoms with Gasteiger partial charge in [-0.25, -0.2) is 9.59 Å². The van der Waals surface area contributed by atoms with Crippen molar-refractivity contribution in [3.05, 3.63) is 107 Å². The van der Waals surface area contributed by atoms with Gasteiger partial charge in [0.1, 0.15) is 12.4 Å². The largest absolute Gasteiger partial charge is 0.490 e. The summed E-state index contributed by atoms with van der Waals surface area (Å²) >= 11 is 6.32. The van der Waals surface area contributed by atoms with E-state index in [0.717, 1.165) is 37.9 Å². The van der Waals surface area contributed by atoms with Gasteiger partial charge < -0.3 is 25.7 Å². The van der Waals surface area contributed by atoms with Gasteiger partial charge in [-0.05, 0) is 109 Å². The summed E-state index contributed by atoms with van der Waals surface area (Å²) in [4.78, 5) is 50.4. The lowest BCUT2D eigenvalue weighted by atomic mass is 9.71. The van der Waals surface area contributed by atoms with Gasteiger partial charge in [0, 0.05) is 34.8 Å². The van der Waals surface area contributed by atoms with E-state index in [9.17, 15) is 32.7 Å². The maximum atomic E-state index is 14.2. The number of aromatic carboxylic acids is 1. The molecular weight excluding hydrogens is 719 g/mol. The minimum absolute atomic E-state index is 0.117. The molecule has 0 saturated carbocycles. The highest BCUT2D eigenvalue weighted by molar-refractivity contribution is 6.30. The second-order valence-corrected chi connectivity index (χ2v) is 12.9. The monoisotopic (exact) mass is 753 g/mol. The minimum atomic E-state index is -5.08. The lowest BCUT2D eigenvalue weighted by Crippen LogP contribution is -2.56. The lowest BCUT2D eigenvalue weighted by molar-refractivity contribution is -0.192. The highest BCUT2D eigenvalue weighted by Crippen LogP contribution is 2.41. The summed E-state index contributed by atoms with van der Waals surface area (Å²) in [7, 11) is 0. The Bertz CT molecular complexity index is 1920. The van der Waals surface area contributed by atoms with Crippen LogP contribution in [0.3, 0.4) is 0 Å². The summed E-state index contributed by atoms with van der Waals surface area (Å²) in [5.41, 5.74) is 2.84. The van der Waals surface area contributed by atoms with Crippen molar-refractivity contribution in [2.75, 3.05) is 25.0 Å². The number of hydrogen-bond donors (Lipinski definition) is 4. The van der Waals surface area contributed by atoms with Crippen LogP contribution in [0.15, 0.2) is 85.2 Å². The molecule has 13 nitrogen and oxygen atoms in total. The van der Waals surface area contributed by atoms with E-state index in [1.807, 2.05) is 30.3 Å². The Morgan fingerprint density at radius 3 is 2.23 bits per heavy atom. The SMILES string of the molecule is O=C(O)C(F)(F)F.O=C(O)c1ccc(NC(=O)[C@@H]2[C@H](c3ccccc3)C[C@H](C3CCNCC3)CN2C(=O)C=Cc2cc(Cl)ccc2-n2cnnn2)cc1. The third-order valence-electron chi connectivity index (χ3n) is 9.17. The summed E-state index contributed by atoms with van der Waals surface area (Å²) in [6, 6.07) is 20.3. The number of carboxylic acids is 2. The van der Waals surface area contributed by atoms with E-state index in [1.165, 1.54) is 29.2 Å². The van der Waals surface area contributed by atoms with Gasteiger partial charge in [0.05, 0.1) is 11.3 Å². The second-order valence-electron chi connectivity index (χ2n) is 12.5. The maximum absolute atomic E-state index is 14.2. The van der Waals surface area contributed by atoms with E-state index in [2.05, 4.69) is 26.2 Å². The smallest absolute Gasteiger partial charge is 0.478 e. The molecule has 2 aliphatic rings. The quantitative estimate of drug-likeness (QED) is 0.173. The Balaban J connectivity index is 0.000000705. The molecule has 6 rings (SSSR count). The molecule has 278 valence electrons. The predicted octanol–water partition coefficient (Wildman–Crippen LogP) is 5.30. The Morgan fingerprint density at radius 2 is 1.62 bits per heavy atom. The number of piperidine rings is 2. The number of nitrogens with one attached hydrogen (secondary N) is 2. The van der Waals surface area contributed by atoms with Crippen molar-refractivity contribution in [3.8, 4) is 5.69 Å². The molecule has 53 heavy (non-hydrogen) atoms. The first-order valence-corrected chi connectivity index (χ1v) is 16.9. The number of hydrogen-bond acceptors (Lipinski definition) is 8. The zero-order chi connectivity index (χ0) is 38.1. The molecule has 0 unspecified atom stereocenters. The van der Waals surface area contributed by atoms with Crippen LogP contribution in [0, 0.1) is 11.8 Å². The molecule has 3 atom stereocenters. The number of aliphatic carboxylic acids is 1. The third kappa shape index (κ3) is 10.0. The summed E-state index contributed by atoms with van der Waals surface area (Å²) in [5, 5.41) is 34.7. The molecule has 3 aromatic carbocycles. The Hall–Kier alpha value is -5.61. The van der Waals surface area contributed by atoms with Crippen LogP contribution in [0.1, 0.15) is 46.7 Å². The molecule has 2 fully saturated rings. The average molecular weight is 754 g/mol. The fourth-order valence-corrected chi connectivity index (χ4v) is 6.83. The zero-order valence-corrected chi connectivity index (χ0v) is 28.7. The third-order valence-corrected chi connectivity index (χ3v) is 9.40. The molecule has 1 aromatic heterocycles. The molecule has 2 aliphatic heterocycles. The van der Waals surface area contributed by atoms with Crippen molar-refractivity contribution >= 4 is 47.1 Å². The number of amides is 2. The standard InChI is InChI=1S/C34H34ClN7O4.C2HF3O2/c35-27-9-12-30(42-21-37-39-40-42)25(18-27)8-13-31(43)41-20-26(22-14-16-36-17-15-22)19-29(23-4-2-1-3-5-23)32(41)33(44)38-28-10-6-24(7-11-28)34(45)46;3-2(4,5)1(6)7/h1-13,18,21-22,26,29,32,36H,14-17,19-20H2,(H,38,44)(H,45,46);(H,6,7)/t26-,29-,32-;/m0./s1. The minimum Gasteiger partial charge on any atom is -0.478 e. The Kier molecular flexibility index (Phi) is 12.6. The molecule has 2 saturated heterocycles. The number of nitrogens with zero attached hydrogens (tertiary/aromatic N) is 5. The van der Waals surface area contributed by atoms with Gasteiger partial charge in [-0.3, -0.25) is 9.59 Å². The maximum Gasteiger partial charge on any atom is 0.490 e. The van der Waals surface area contributed by atoms with Crippen LogP contribution in [0.25, 0.3) is 11.8 Å². The zero-order valence-electron chi connectivity index (χ0n) is 28.0. The van der Waals surface area contributed by atoms with Gasteiger partial charge in [-0.2, -0.15) is 17.9 Å². The normalized spacial score (nSPS) is 19.2. The topological polar surface area (TPSA) is 180 Å². The number of rotatable bonds is 8. The first-order chi connectivity index (χ1) is 25.3. The molecule has 0 radical (unpaired) electrons. The van der Waals surface area contributed by atoms with E-state index in [4.69, 9.17) is 21.5 Å². The van der Waals surface area contributed by atoms with Crippen molar-refractivity contribution in [2.45, 2.75) is 37.4 Å². The number of aromatic nitrogens is 4. The number of carbonyl (C=O) groups excluding carboxylic acids is 2. The second kappa shape index (κ2) is 17.3. The van der Waals surface area contributed by atoms with Crippen molar-refractivity contribution in [1.82, 2.24) is 30.4 Å². The predicted molar refractivity (Wildman–Crippen MR) is 187 cm³/mol. The molecule has 3 heterocycles. The summed E-state index contributed by atoms with van der Waals surface area (Å²) in [5.74, 6) is -4.08. The number of tetrazole rings is 1. The Labute approximate surface area is 306 Å². The van der Waals surface area contributed by atoms with Gasteiger partial charge in [0.25, 0.3) is 0 Å². The van der Waals surface area contributed by atoms with E-state index < -0.39 is 24.2 Å². The molecule has 4 N–H and O–H groups in total. The van der Waals surface area contributed by atoms with Crippen molar-refractivity contribution in [1.29, 1.82) is 0 Å². The van der Waals surface area contributed by atoms with Gasteiger partial charge in [-0.1, -0.05) is 41.9 Å². The van der Waals surface area contributed by atoms with Gasteiger partial charge in [-0.15, -0.1) is 5.10 Å². The highest BCUT2D eigenvalue weighted by atomic mass is 35.5. The number of halogens is 4. The van der Waals surface area contributed by atoms with E-state index in [1.54, 1.807) is 41.3 Å². The summed E-state index contributed by atoms with van der Waals surface area (Å²) in [6.45, 7) is 2.29. The van der Waals surface area contributed by atoms with E-state index in [0.29, 0.717) is 34.4 Å². The molecule has 0 aliphatic carbocycles. The number of benzene rings is 3. The van der Waals surface area contributed by atoms with Crippen LogP contribution in [0.4, 0.5) is 18.9 Å². The van der Waals surface area contributed by atoms with Crippen LogP contribution in [0.2, 0.25) is 5.02 Å². The van der Waals surface area contributed by atoms with Crippen LogP contribution in [0.5, 0.6) is 0 Å². The number of carboxylic acid groups (broad SMARTS) is 2. The lowest BCUT2D eigenvalue weighted by Gasteiger charge is -2.46. The number of carbonyl (C=O) groups is 4. The van der Waals surface area contributed by atoms with Crippen LogP contribution in [-0.4, -0.2) is 90.9 Å². The van der Waals surface area contributed by atoms with Crippen LogP contribution < -0.4 is 10.6 Å². The number of alkyl halides is 3. The Morgan fingerprint density at radius 1 is 0.943 bits per heavy atom. The van der Waals surface area contributed by atoms with Gasteiger partial charge >= 0.3 is 18.1 Å². The first kappa shape index (κ1) is 38.6. The number of likely N-dealkylation sites (tertiary alicyclic amines) is 1. The van der Waals surface area contributed by atoms with E-state index >= 15 is 0 Å². The fraction of sp³-hybridized carbons (Fsp3) is 0.306. The average Bonchev–Trinajstić information content (AvgIpc) is 3.69. The van der Waals surface area contributed by atoms with E-state index in [-0.39, 0.29) is 29.2 Å². The van der Waals surface area contributed by atoms with Crippen molar-refractivity contribution < 1.29 is 42.6 Å². The van der Waals surface area contributed by atoms with Crippen LogP contribution in [-0.2, 0) is 14.4 Å². The summed E-state index contributed by atoms with van der Waals surface area (Å²) in [6.07, 6.45) is 2.31. The molecular formula is C36H35ClF3N7O6. The molecule has 4 aromatic rings. The number of anilines is 1. The molecule has 0 bridgehead atoms. The van der Waals surface area contributed by atoms with Crippen LogP contribution >= 0.6 is 11.6 Å². The van der Waals surface area contributed by atoms with Gasteiger partial charge in [0.15, 0.2) is 0 Å². The molecule has 0 spiro atoms.